The van der Waals surface area contributed by atoms with Crippen LogP contribution >= 0.6 is 0 Å². The first kappa shape index (κ1) is 14.2. The van der Waals surface area contributed by atoms with E-state index < -0.39 is 23.3 Å². The van der Waals surface area contributed by atoms with Crippen LogP contribution in [0.25, 0.3) is 0 Å². The van der Waals surface area contributed by atoms with Gasteiger partial charge < -0.3 is 4.90 Å². The van der Waals surface area contributed by atoms with Crippen LogP contribution in [0.2, 0.25) is 0 Å². The fourth-order valence-electron chi connectivity index (χ4n) is 2.25. The summed E-state index contributed by atoms with van der Waals surface area (Å²) in [5, 5.41) is 2.26. The molecular formula is C15H18N2O3. The Balaban J connectivity index is 2.27. The molecule has 106 valence electrons. The summed E-state index contributed by atoms with van der Waals surface area (Å²) in [6, 6.07) is 9.32. The summed E-state index contributed by atoms with van der Waals surface area (Å²) in [4.78, 5) is 37.3. The van der Waals surface area contributed by atoms with Crippen molar-refractivity contribution in [1.29, 1.82) is 0 Å². The molecule has 1 aromatic rings. The molecule has 1 N–H and O–H groups in total. The molecule has 0 radical (unpaired) electrons. The molecule has 1 heterocycles. The maximum atomic E-state index is 12.6. The largest absolute Gasteiger partial charge is 0.319 e. The molecule has 0 bridgehead atoms. The Kier molecular flexibility index (Phi) is 3.61. The van der Waals surface area contributed by atoms with E-state index in [4.69, 9.17) is 0 Å². The van der Waals surface area contributed by atoms with Crippen molar-refractivity contribution >= 4 is 17.7 Å². The Labute approximate surface area is 118 Å². The number of hydrogen-bond donors (Lipinski definition) is 1. The summed E-state index contributed by atoms with van der Waals surface area (Å²) >= 11 is 0. The van der Waals surface area contributed by atoms with E-state index in [-0.39, 0.29) is 12.5 Å². The lowest BCUT2D eigenvalue weighted by Gasteiger charge is -2.41. The van der Waals surface area contributed by atoms with Gasteiger partial charge in [-0.05, 0) is 26.3 Å². The molecule has 0 aliphatic carbocycles. The second-order valence-electron chi connectivity index (χ2n) is 5.49. The van der Waals surface area contributed by atoms with Gasteiger partial charge in [-0.1, -0.05) is 30.3 Å². The Hall–Kier alpha value is -2.17. The highest BCUT2D eigenvalue weighted by Gasteiger charge is 2.44. The minimum absolute atomic E-state index is 0.0885. The number of carbonyl (C=O) groups is 3. The molecular weight excluding hydrogens is 256 g/mol. The summed E-state index contributed by atoms with van der Waals surface area (Å²) in [5.74, 6) is -1.50. The van der Waals surface area contributed by atoms with Crippen LogP contribution in [0.15, 0.2) is 30.3 Å². The molecule has 1 aliphatic rings. The van der Waals surface area contributed by atoms with Crippen molar-refractivity contribution in [2.75, 3.05) is 6.54 Å². The zero-order valence-corrected chi connectivity index (χ0v) is 11.8. The Morgan fingerprint density at radius 3 is 2.45 bits per heavy atom. The number of nitrogens with one attached hydrogen (secondary N) is 1. The maximum Gasteiger partial charge on any atom is 0.252 e. The highest BCUT2D eigenvalue weighted by Crippen LogP contribution is 2.25. The highest BCUT2D eigenvalue weighted by atomic mass is 16.2. The topological polar surface area (TPSA) is 66.5 Å². The fraction of sp³-hybridized carbons (Fsp3) is 0.400. The normalized spacial score (nSPS) is 19.4. The molecule has 1 aromatic carbocycles. The lowest BCUT2D eigenvalue weighted by Crippen LogP contribution is -2.66. The quantitative estimate of drug-likeness (QED) is 0.820. The van der Waals surface area contributed by atoms with Gasteiger partial charge in [-0.2, -0.15) is 0 Å². The van der Waals surface area contributed by atoms with Gasteiger partial charge in [0, 0.05) is 0 Å². The van der Waals surface area contributed by atoms with Crippen LogP contribution < -0.4 is 5.32 Å². The van der Waals surface area contributed by atoms with Crippen LogP contribution in [-0.2, 0) is 14.4 Å². The van der Waals surface area contributed by atoms with E-state index >= 15 is 0 Å². The van der Waals surface area contributed by atoms with Crippen molar-refractivity contribution < 1.29 is 14.4 Å². The van der Waals surface area contributed by atoms with Gasteiger partial charge in [0.2, 0.25) is 11.8 Å². The average Bonchev–Trinajstić information content (AvgIpc) is 2.42. The van der Waals surface area contributed by atoms with E-state index in [9.17, 15) is 14.4 Å². The van der Waals surface area contributed by atoms with Crippen LogP contribution in [0.1, 0.15) is 32.3 Å². The average molecular weight is 274 g/mol. The van der Waals surface area contributed by atoms with Crippen LogP contribution in [-0.4, -0.2) is 34.7 Å². The standard InChI is InChI=1S/C15H18N2O3/c1-10(11-7-5-4-6-8-11)13(19)17-9-12(18)16-14(20)15(17,2)3/h4-8,10H,9H2,1-3H3,(H,16,18,20). The molecule has 0 spiro atoms. The molecule has 1 atom stereocenters. The zero-order valence-electron chi connectivity index (χ0n) is 11.8. The van der Waals surface area contributed by atoms with Crippen molar-refractivity contribution in [3.63, 3.8) is 0 Å². The van der Waals surface area contributed by atoms with Gasteiger partial charge in [0.15, 0.2) is 0 Å². The lowest BCUT2D eigenvalue weighted by molar-refractivity contribution is -0.156. The molecule has 1 unspecified atom stereocenters. The maximum absolute atomic E-state index is 12.6. The summed E-state index contributed by atoms with van der Waals surface area (Å²) < 4.78 is 0. The van der Waals surface area contributed by atoms with Crippen molar-refractivity contribution in [1.82, 2.24) is 10.2 Å². The van der Waals surface area contributed by atoms with Crippen LogP contribution in [0.5, 0.6) is 0 Å². The Bertz CT molecular complexity index is 551. The first-order chi connectivity index (χ1) is 9.34. The summed E-state index contributed by atoms with van der Waals surface area (Å²) in [6.45, 7) is 4.98. The van der Waals surface area contributed by atoms with Gasteiger partial charge in [0.1, 0.15) is 12.1 Å². The number of benzene rings is 1. The fourth-order valence-corrected chi connectivity index (χ4v) is 2.25. The third kappa shape index (κ3) is 2.43. The number of rotatable bonds is 2. The van der Waals surface area contributed by atoms with Crippen molar-refractivity contribution in [3.05, 3.63) is 35.9 Å². The molecule has 20 heavy (non-hydrogen) atoms. The van der Waals surface area contributed by atoms with E-state index in [1.54, 1.807) is 20.8 Å². The minimum Gasteiger partial charge on any atom is -0.319 e. The van der Waals surface area contributed by atoms with Crippen LogP contribution in [0.3, 0.4) is 0 Å². The van der Waals surface area contributed by atoms with E-state index in [1.165, 1.54) is 4.90 Å². The Morgan fingerprint density at radius 1 is 1.25 bits per heavy atom. The molecule has 1 aliphatic heterocycles. The summed E-state index contributed by atoms with van der Waals surface area (Å²) in [6.07, 6.45) is 0. The van der Waals surface area contributed by atoms with Crippen molar-refractivity contribution in [3.8, 4) is 0 Å². The molecule has 2 rings (SSSR count). The third-order valence-corrected chi connectivity index (χ3v) is 3.72. The van der Waals surface area contributed by atoms with Gasteiger partial charge in [-0.25, -0.2) is 0 Å². The highest BCUT2D eigenvalue weighted by molar-refractivity contribution is 6.06. The van der Waals surface area contributed by atoms with Gasteiger partial charge >= 0.3 is 0 Å². The molecule has 5 heteroatoms. The summed E-state index contributed by atoms with van der Waals surface area (Å²) in [7, 11) is 0. The van der Waals surface area contributed by atoms with E-state index in [1.807, 2.05) is 30.3 Å². The first-order valence-corrected chi connectivity index (χ1v) is 6.54. The molecule has 5 nitrogen and oxygen atoms in total. The molecule has 1 saturated heterocycles. The van der Waals surface area contributed by atoms with E-state index in [0.29, 0.717) is 0 Å². The monoisotopic (exact) mass is 274 g/mol. The van der Waals surface area contributed by atoms with Crippen molar-refractivity contribution in [2.24, 2.45) is 0 Å². The van der Waals surface area contributed by atoms with Gasteiger partial charge in [-0.15, -0.1) is 0 Å². The second-order valence-corrected chi connectivity index (χ2v) is 5.49. The van der Waals surface area contributed by atoms with Crippen LogP contribution in [0.4, 0.5) is 0 Å². The number of carbonyl (C=O) groups excluding carboxylic acids is 3. The number of nitrogens with zero attached hydrogens (tertiary/aromatic N) is 1. The molecule has 0 aromatic heterocycles. The molecule has 0 saturated carbocycles. The second kappa shape index (κ2) is 5.07. The number of imide groups is 1. The van der Waals surface area contributed by atoms with E-state index in [0.717, 1.165) is 5.56 Å². The minimum atomic E-state index is -1.02. The van der Waals surface area contributed by atoms with Crippen LogP contribution in [0, 0.1) is 0 Å². The van der Waals surface area contributed by atoms with Crippen molar-refractivity contribution in [2.45, 2.75) is 32.2 Å². The SMILES string of the molecule is CC(C(=O)N1CC(=O)NC(=O)C1(C)C)c1ccccc1. The van der Waals surface area contributed by atoms with Gasteiger partial charge in [0.05, 0.1) is 5.92 Å². The number of amides is 3. The molecule has 3 amide bonds. The third-order valence-electron chi connectivity index (χ3n) is 3.72. The predicted molar refractivity (Wildman–Crippen MR) is 73.8 cm³/mol. The van der Waals surface area contributed by atoms with Gasteiger partial charge in [-0.3, -0.25) is 19.7 Å². The predicted octanol–water partition coefficient (Wildman–Crippen LogP) is 1.05. The lowest BCUT2D eigenvalue weighted by atomic mass is 9.93. The smallest absolute Gasteiger partial charge is 0.252 e. The summed E-state index contributed by atoms with van der Waals surface area (Å²) in [5.41, 5.74) is -0.152. The number of piperazine rings is 1. The Morgan fingerprint density at radius 2 is 1.85 bits per heavy atom. The van der Waals surface area contributed by atoms with E-state index in [2.05, 4.69) is 5.32 Å². The first-order valence-electron chi connectivity index (χ1n) is 6.54. The molecule has 1 fully saturated rings. The number of hydrogen-bond acceptors (Lipinski definition) is 3. The zero-order chi connectivity index (χ0) is 14.9. The van der Waals surface area contributed by atoms with Gasteiger partial charge in [0.25, 0.3) is 5.91 Å².